The SMILES string of the molecule is CN=C(NCCc1cccc(F)c1)NCC(OC)C(C)(C)C.I. The normalized spacial score (nSPS) is 13.2. The van der Waals surface area contributed by atoms with Crippen molar-refractivity contribution in [1.29, 1.82) is 0 Å². The maximum absolute atomic E-state index is 13.1. The predicted octanol–water partition coefficient (Wildman–Crippen LogP) is 3.21. The van der Waals surface area contributed by atoms with E-state index < -0.39 is 0 Å². The Balaban J connectivity index is 0.00000484. The Morgan fingerprint density at radius 3 is 2.52 bits per heavy atom. The quantitative estimate of drug-likeness (QED) is 0.408. The summed E-state index contributed by atoms with van der Waals surface area (Å²) in [5.41, 5.74) is 1.02. The molecule has 6 heteroatoms. The maximum atomic E-state index is 13.1. The average Bonchev–Trinajstić information content (AvgIpc) is 2.44. The molecule has 2 N–H and O–H groups in total. The van der Waals surface area contributed by atoms with Crippen molar-refractivity contribution in [3.8, 4) is 0 Å². The zero-order chi connectivity index (χ0) is 16.6. The third-order valence-corrected chi connectivity index (χ3v) is 3.52. The van der Waals surface area contributed by atoms with Crippen molar-refractivity contribution in [1.82, 2.24) is 10.6 Å². The highest BCUT2D eigenvalue weighted by Gasteiger charge is 2.24. The van der Waals surface area contributed by atoms with Gasteiger partial charge in [-0.05, 0) is 29.5 Å². The second-order valence-corrected chi connectivity index (χ2v) is 6.35. The molecular formula is C17H29FIN3O. The maximum Gasteiger partial charge on any atom is 0.191 e. The van der Waals surface area contributed by atoms with Gasteiger partial charge in [0.2, 0.25) is 0 Å². The van der Waals surface area contributed by atoms with Gasteiger partial charge in [-0.1, -0.05) is 32.9 Å². The molecule has 1 unspecified atom stereocenters. The van der Waals surface area contributed by atoms with Crippen molar-refractivity contribution < 1.29 is 9.13 Å². The average molecular weight is 437 g/mol. The number of hydrogen-bond acceptors (Lipinski definition) is 2. The van der Waals surface area contributed by atoms with Gasteiger partial charge in [0, 0.05) is 27.2 Å². The summed E-state index contributed by atoms with van der Waals surface area (Å²) in [6.45, 7) is 7.80. The Morgan fingerprint density at radius 2 is 2.00 bits per heavy atom. The molecule has 0 aliphatic heterocycles. The third kappa shape index (κ3) is 8.50. The number of hydrogen-bond donors (Lipinski definition) is 2. The van der Waals surface area contributed by atoms with Gasteiger partial charge >= 0.3 is 0 Å². The minimum Gasteiger partial charge on any atom is -0.379 e. The van der Waals surface area contributed by atoms with Crippen LogP contribution in [0.1, 0.15) is 26.3 Å². The van der Waals surface area contributed by atoms with E-state index in [0.29, 0.717) is 13.1 Å². The molecule has 0 amide bonds. The van der Waals surface area contributed by atoms with Crippen LogP contribution in [0, 0.1) is 11.2 Å². The summed E-state index contributed by atoms with van der Waals surface area (Å²) in [5, 5.41) is 6.49. The molecule has 132 valence electrons. The molecule has 1 rings (SSSR count). The summed E-state index contributed by atoms with van der Waals surface area (Å²) in [6.07, 6.45) is 0.833. The number of nitrogens with zero attached hydrogens (tertiary/aromatic N) is 1. The van der Waals surface area contributed by atoms with Crippen molar-refractivity contribution in [2.75, 3.05) is 27.2 Å². The van der Waals surface area contributed by atoms with Crippen LogP contribution in [-0.2, 0) is 11.2 Å². The number of nitrogens with one attached hydrogen (secondary N) is 2. The Labute approximate surface area is 156 Å². The van der Waals surface area contributed by atoms with Crippen molar-refractivity contribution in [2.24, 2.45) is 10.4 Å². The summed E-state index contributed by atoms with van der Waals surface area (Å²) in [6, 6.07) is 6.65. The fourth-order valence-electron chi connectivity index (χ4n) is 2.17. The fourth-order valence-corrected chi connectivity index (χ4v) is 2.17. The van der Waals surface area contributed by atoms with Crippen LogP contribution >= 0.6 is 24.0 Å². The molecule has 1 atom stereocenters. The number of methoxy groups -OCH3 is 1. The van der Waals surface area contributed by atoms with Gasteiger partial charge in [-0.2, -0.15) is 0 Å². The van der Waals surface area contributed by atoms with E-state index in [1.807, 2.05) is 6.07 Å². The Hall–Kier alpha value is -0.890. The summed E-state index contributed by atoms with van der Waals surface area (Å²) < 4.78 is 18.6. The molecule has 0 heterocycles. The van der Waals surface area contributed by atoms with Crippen molar-refractivity contribution in [3.63, 3.8) is 0 Å². The monoisotopic (exact) mass is 437 g/mol. The van der Waals surface area contributed by atoms with Crippen LogP contribution in [-0.4, -0.2) is 39.3 Å². The molecule has 0 aliphatic carbocycles. The molecule has 1 aromatic carbocycles. The molecule has 0 radical (unpaired) electrons. The van der Waals surface area contributed by atoms with E-state index in [4.69, 9.17) is 4.74 Å². The zero-order valence-electron chi connectivity index (χ0n) is 14.6. The molecule has 4 nitrogen and oxygen atoms in total. The van der Waals surface area contributed by atoms with Crippen LogP contribution < -0.4 is 10.6 Å². The van der Waals surface area contributed by atoms with E-state index in [0.717, 1.165) is 17.9 Å². The molecule has 1 aromatic rings. The zero-order valence-corrected chi connectivity index (χ0v) is 17.0. The van der Waals surface area contributed by atoms with Gasteiger partial charge in [0.05, 0.1) is 6.10 Å². The van der Waals surface area contributed by atoms with E-state index in [9.17, 15) is 4.39 Å². The van der Waals surface area contributed by atoms with Crippen LogP contribution in [0.25, 0.3) is 0 Å². The second kappa shape index (κ2) is 10.8. The van der Waals surface area contributed by atoms with Crippen LogP contribution in [0.5, 0.6) is 0 Å². The molecular weight excluding hydrogens is 408 g/mol. The highest BCUT2D eigenvalue weighted by Crippen LogP contribution is 2.20. The second-order valence-electron chi connectivity index (χ2n) is 6.35. The summed E-state index contributed by atoms with van der Waals surface area (Å²) in [5.74, 6) is 0.524. The Bertz CT molecular complexity index is 489. The van der Waals surface area contributed by atoms with E-state index >= 15 is 0 Å². The molecule has 0 saturated carbocycles. The Morgan fingerprint density at radius 1 is 1.30 bits per heavy atom. The first-order chi connectivity index (χ1) is 10.4. The van der Waals surface area contributed by atoms with Gasteiger partial charge in [0.1, 0.15) is 5.82 Å². The van der Waals surface area contributed by atoms with Gasteiger partial charge in [-0.3, -0.25) is 4.99 Å². The van der Waals surface area contributed by atoms with E-state index in [1.165, 1.54) is 6.07 Å². The molecule has 0 aliphatic rings. The van der Waals surface area contributed by atoms with Gasteiger partial charge in [0.25, 0.3) is 0 Å². The Kier molecular flexibility index (Phi) is 10.4. The molecule has 0 saturated heterocycles. The molecule has 0 fully saturated rings. The minimum atomic E-state index is -0.201. The largest absolute Gasteiger partial charge is 0.379 e. The predicted molar refractivity (Wildman–Crippen MR) is 105 cm³/mol. The lowest BCUT2D eigenvalue weighted by molar-refractivity contribution is 0.0205. The summed E-state index contributed by atoms with van der Waals surface area (Å²) >= 11 is 0. The van der Waals surface area contributed by atoms with Crippen molar-refractivity contribution in [2.45, 2.75) is 33.3 Å². The molecule has 0 spiro atoms. The van der Waals surface area contributed by atoms with Crippen LogP contribution in [0.4, 0.5) is 4.39 Å². The third-order valence-electron chi connectivity index (χ3n) is 3.52. The van der Waals surface area contributed by atoms with Gasteiger partial charge in [-0.15, -0.1) is 24.0 Å². The van der Waals surface area contributed by atoms with Gasteiger partial charge in [0.15, 0.2) is 5.96 Å². The first-order valence-corrected chi connectivity index (χ1v) is 7.58. The summed E-state index contributed by atoms with van der Waals surface area (Å²) in [7, 11) is 3.45. The lowest BCUT2D eigenvalue weighted by Gasteiger charge is -2.30. The molecule has 23 heavy (non-hydrogen) atoms. The number of rotatable bonds is 6. The topological polar surface area (TPSA) is 45.7 Å². The van der Waals surface area contributed by atoms with Gasteiger partial charge < -0.3 is 15.4 Å². The highest BCUT2D eigenvalue weighted by molar-refractivity contribution is 14.0. The van der Waals surface area contributed by atoms with Crippen molar-refractivity contribution in [3.05, 3.63) is 35.6 Å². The first-order valence-electron chi connectivity index (χ1n) is 7.58. The first kappa shape index (κ1) is 22.1. The van der Waals surface area contributed by atoms with Crippen LogP contribution in [0.15, 0.2) is 29.3 Å². The summed E-state index contributed by atoms with van der Waals surface area (Å²) in [4.78, 5) is 4.19. The fraction of sp³-hybridized carbons (Fsp3) is 0.588. The number of halogens is 2. The lowest BCUT2D eigenvalue weighted by atomic mass is 9.89. The number of benzene rings is 1. The minimum absolute atomic E-state index is 0. The van der Waals surface area contributed by atoms with E-state index in [-0.39, 0.29) is 41.3 Å². The lowest BCUT2D eigenvalue weighted by Crippen LogP contribution is -2.45. The van der Waals surface area contributed by atoms with E-state index in [1.54, 1.807) is 26.3 Å². The van der Waals surface area contributed by atoms with Crippen LogP contribution in [0.2, 0.25) is 0 Å². The number of guanidine groups is 1. The molecule has 0 bridgehead atoms. The van der Waals surface area contributed by atoms with Crippen LogP contribution in [0.3, 0.4) is 0 Å². The smallest absolute Gasteiger partial charge is 0.191 e. The number of ether oxygens (including phenoxy) is 1. The standard InChI is InChI=1S/C17H28FN3O.HI/c1-17(2,3)15(22-5)12-21-16(19-4)20-10-9-13-7-6-8-14(18)11-13;/h6-8,11,15H,9-10,12H2,1-5H3,(H2,19,20,21);1H. The van der Waals surface area contributed by atoms with Crippen molar-refractivity contribution >= 4 is 29.9 Å². The van der Waals surface area contributed by atoms with Gasteiger partial charge in [-0.25, -0.2) is 4.39 Å². The number of aliphatic imine (C=N–C) groups is 1. The molecule has 0 aromatic heterocycles. The highest BCUT2D eigenvalue weighted by atomic mass is 127. The van der Waals surface area contributed by atoms with E-state index in [2.05, 4.69) is 36.4 Å².